The Hall–Kier alpha value is -3.66. The lowest BCUT2D eigenvalue weighted by Gasteiger charge is -2.33. The zero-order valence-electron chi connectivity index (χ0n) is 16.8. The van der Waals surface area contributed by atoms with Crippen LogP contribution in [0.4, 0.5) is 5.95 Å². The average Bonchev–Trinajstić information content (AvgIpc) is 3.12. The first-order chi connectivity index (χ1) is 14.6. The number of carbonyl (C=O) groups is 2. The fourth-order valence-electron chi connectivity index (χ4n) is 3.93. The number of fused-ring (bicyclic) bond motifs is 1. The van der Waals surface area contributed by atoms with E-state index in [0.717, 1.165) is 29.4 Å². The standard InChI is InChI=1S/C23H23N5O2/c1-16-6-8-17(9-7-16)22(30)26-23-25-19-4-2-3-5-20(19)28(23)18-11-14-27(15-12-18)21(29)10-13-24/h2-9,18H,10-12,14-15H2,1H3,(H,25,26,30). The molecule has 0 unspecified atom stereocenters. The molecule has 1 aromatic heterocycles. The molecule has 30 heavy (non-hydrogen) atoms. The summed E-state index contributed by atoms with van der Waals surface area (Å²) >= 11 is 0. The molecule has 3 aromatic rings. The van der Waals surface area contributed by atoms with Gasteiger partial charge in [-0.15, -0.1) is 0 Å². The van der Waals surface area contributed by atoms with E-state index in [9.17, 15) is 9.59 Å². The number of likely N-dealkylation sites (tertiary alicyclic amines) is 1. The summed E-state index contributed by atoms with van der Waals surface area (Å²) in [5, 5.41) is 11.7. The summed E-state index contributed by atoms with van der Waals surface area (Å²) in [7, 11) is 0. The molecule has 7 heteroatoms. The molecule has 0 saturated carbocycles. The number of nitrogens with one attached hydrogen (secondary N) is 1. The first kappa shape index (κ1) is 19.6. The summed E-state index contributed by atoms with van der Waals surface area (Å²) in [6.45, 7) is 3.15. The van der Waals surface area contributed by atoms with E-state index >= 15 is 0 Å². The molecule has 0 atom stereocenters. The third-order valence-electron chi connectivity index (χ3n) is 5.55. The monoisotopic (exact) mass is 401 g/mol. The third kappa shape index (κ3) is 3.90. The maximum atomic E-state index is 12.8. The van der Waals surface area contributed by atoms with Crippen molar-refractivity contribution in [2.75, 3.05) is 18.4 Å². The minimum Gasteiger partial charge on any atom is -0.342 e. The zero-order valence-corrected chi connectivity index (χ0v) is 16.8. The van der Waals surface area contributed by atoms with Crippen LogP contribution >= 0.6 is 0 Å². The molecular weight excluding hydrogens is 378 g/mol. The molecule has 4 rings (SSSR count). The molecule has 1 fully saturated rings. The number of carbonyl (C=O) groups excluding carboxylic acids is 2. The van der Waals surface area contributed by atoms with Gasteiger partial charge >= 0.3 is 0 Å². The van der Waals surface area contributed by atoms with Gasteiger partial charge in [0, 0.05) is 24.7 Å². The summed E-state index contributed by atoms with van der Waals surface area (Å²) in [4.78, 5) is 31.2. The zero-order chi connectivity index (χ0) is 21.1. The highest BCUT2D eigenvalue weighted by molar-refractivity contribution is 6.04. The summed E-state index contributed by atoms with van der Waals surface area (Å²) < 4.78 is 2.08. The average molecular weight is 401 g/mol. The Morgan fingerprint density at radius 2 is 1.83 bits per heavy atom. The SMILES string of the molecule is Cc1ccc(C(=O)Nc2nc3ccccc3n2C2CCN(C(=O)CC#N)CC2)cc1. The topological polar surface area (TPSA) is 91.0 Å². The minimum atomic E-state index is -0.201. The van der Waals surface area contributed by atoms with Gasteiger partial charge in [-0.3, -0.25) is 14.9 Å². The molecule has 1 N–H and O–H groups in total. The predicted molar refractivity (Wildman–Crippen MR) is 114 cm³/mol. The van der Waals surface area contributed by atoms with Crippen molar-refractivity contribution >= 4 is 28.8 Å². The Morgan fingerprint density at radius 3 is 2.53 bits per heavy atom. The molecule has 0 bridgehead atoms. The number of hydrogen-bond donors (Lipinski definition) is 1. The van der Waals surface area contributed by atoms with Gasteiger partial charge < -0.3 is 9.47 Å². The number of nitriles is 1. The van der Waals surface area contributed by atoms with Gasteiger partial charge in [0.2, 0.25) is 11.9 Å². The third-order valence-corrected chi connectivity index (χ3v) is 5.55. The number of aryl methyl sites for hydroxylation is 1. The molecule has 0 aliphatic carbocycles. The van der Waals surface area contributed by atoms with E-state index in [0.29, 0.717) is 24.6 Å². The number of amides is 2. The summed E-state index contributed by atoms with van der Waals surface area (Å²) in [6.07, 6.45) is 1.40. The van der Waals surface area contributed by atoms with Crippen molar-refractivity contribution in [3.05, 3.63) is 59.7 Å². The van der Waals surface area contributed by atoms with E-state index in [1.54, 1.807) is 17.0 Å². The van der Waals surface area contributed by atoms with E-state index in [4.69, 9.17) is 5.26 Å². The van der Waals surface area contributed by atoms with E-state index in [2.05, 4.69) is 14.9 Å². The lowest BCUT2D eigenvalue weighted by molar-refractivity contribution is -0.131. The minimum absolute atomic E-state index is 0.0868. The number of imidazole rings is 1. The lowest BCUT2D eigenvalue weighted by Crippen LogP contribution is -2.39. The van der Waals surface area contributed by atoms with Crippen LogP contribution in [0.3, 0.4) is 0 Å². The largest absolute Gasteiger partial charge is 0.342 e. The highest BCUT2D eigenvalue weighted by Crippen LogP contribution is 2.31. The number of benzene rings is 2. The van der Waals surface area contributed by atoms with E-state index in [1.807, 2.05) is 49.4 Å². The van der Waals surface area contributed by atoms with Crippen LogP contribution in [0.5, 0.6) is 0 Å². The first-order valence-electron chi connectivity index (χ1n) is 10.1. The molecule has 1 aliphatic rings. The van der Waals surface area contributed by atoms with Crippen molar-refractivity contribution in [3.8, 4) is 6.07 Å². The number of piperidine rings is 1. The van der Waals surface area contributed by atoms with Gasteiger partial charge in [0.15, 0.2) is 0 Å². The molecule has 2 amide bonds. The Morgan fingerprint density at radius 1 is 1.13 bits per heavy atom. The number of rotatable bonds is 4. The highest BCUT2D eigenvalue weighted by atomic mass is 16.2. The van der Waals surface area contributed by atoms with Gasteiger partial charge in [0.05, 0.1) is 17.1 Å². The summed E-state index contributed by atoms with van der Waals surface area (Å²) in [5.41, 5.74) is 3.45. The number of para-hydroxylation sites is 2. The number of hydrogen-bond acceptors (Lipinski definition) is 4. The number of aromatic nitrogens is 2. The smallest absolute Gasteiger partial charge is 0.257 e. The maximum Gasteiger partial charge on any atom is 0.257 e. The van der Waals surface area contributed by atoms with Crippen LogP contribution in [0.15, 0.2) is 48.5 Å². The van der Waals surface area contributed by atoms with Gasteiger partial charge in [-0.25, -0.2) is 4.98 Å². The number of nitrogens with zero attached hydrogens (tertiary/aromatic N) is 4. The van der Waals surface area contributed by atoms with Crippen molar-refractivity contribution < 1.29 is 9.59 Å². The van der Waals surface area contributed by atoms with Crippen LogP contribution in [0.1, 0.15) is 41.2 Å². The van der Waals surface area contributed by atoms with E-state index < -0.39 is 0 Å². The predicted octanol–water partition coefficient (Wildman–Crippen LogP) is 3.67. The van der Waals surface area contributed by atoms with Gasteiger partial charge in [-0.2, -0.15) is 5.26 Å². The second kappa shape index (κ2) is 8.37. The summed E-state index contributed by atoms with van der Waals surface area (Å²) in [5.74, 6) is 0.191. The Balaban J connectivity index is 1.60. The second-order valence-corrected chi connectivity index (χ2v) is 7.56. The summed E-state index contributed by atoms with van der Waals surface area (Å²) in [6, 6.07) is 17.3. The van der Waals surface area contributed by atoms with Gasteiger partial charge in [0.1, 0.15) is 6.42 Å². The van der Waals surface area contributed by atoms with Crippen LogP contribution in [0.25, 0.3) is 11.0 Å². The number of anilines is 1. The van der Waals surface area contributed by atoms with Crippen LogP contribution in [0, 0.1) is 18.3 Å². The van der Waals surface area contributed by atoms with Gasteiger partial charge in [0.25, 0.3) is 5.91 Å². The molecular formula is C23H23N5O2. The Bertz CT molecular complexity index is 1120. The van der Waals surface area contributed by atoms with Crippen molar-refractivity contribution in [1.29, 1.82) is 5.26 Å². The van der Waals surface area contributed by atoms with Crippen LogP contribution in [-0.2, 0) is 4.79 Å². The fraction of sp³-hybridized carbons (Fsp3) is 0.304. The molecule has 7 nitrogen and oxygen atoms in total. The highest BCUT2D eigenvalue weighted by Gasteiger charge is 2.27. The van der Waals surface area contributed by atoms with E-state index in [1.165, 1.54) is 0 Å². The Kier molecular flexibility index (Phi) is 5.48. The van der Waals surface area contributed by atoms with Crippen LogP contribution in [0.2, 0.25) is 0 Å². The Labute approximate surface area is 174 Å². The van der Waals surface area contributed by atoms with Crippen molar-refractivity contribution in [2.24, 2.45) is 0 Å². The maximum absolute atomic E-state index is 12.8. The molecule has 2 aromatic carbocycles. The van der Waals surface area contributed by atoms with E-state index in [-0.39, 0.29) is 24.3 Å². The first-order valence-corrected chi connectivity index (χ1v) is 10.1. The van der Waals surface area contributed by atoms with Crippen molar-refractivity contribution in [1.82, 2.24) is 14.5 Å². The normalized spacial score (nSPS) is 14.5. The van der Waals surface area contributed by atoms with Gasteiger partial charge in [-0.1, -0.05) is 29.8 Å². The quantitative estimate of drug-likeness (QED) is 0.722. The lowest BCUT2D eigenvalue weighted by atomic mass is 10.0. The second-order valence-electron chi connectivity index (χ2n) is 7.56. The van der Waals surface area contributed by atoms with Crippen LogP contribution < -0.4 is 5.32 Å². The van der Waals surface area contributed by atoms with Crippen molar-refractivity contribution in [3.63, 3.8) is 0 Å². The molecule has 1 aliphatic heterocycles. The molecule has 2 heterocycles. The molecule has 0 radical (unpaired) electrons. The molecule has 0 spiro atoms. The van der Waals surface area contributed by atoms with Gasteiger partial charge in [-0.05, 0) is 44.0 Å². The van der Waals surface area contributed by atoms with Crippen LogP contribution in [-0.4, -0.2) is 39.4 Å². The molecule has 152 valence electrons. The van der Waals surface area contributed by atoms with Crippen molar-refractivity contribution in [2.45, 2.75) is 32.2 Å². The fourth-order valence-corrected chi connectivity index (χ4v) is 3.93. The molecule has 1 saturated heterocycles.